The van der Waals surface area contributed by atoms with Crippen molar-refractivity contribution in [2.45, 2.75) is 38.8 Å². The van der Waals surface area contributed by atoms with Crippen LogP contribution in [-0.4, -0.2) is 22.8 Å². The predicted molar refractivity (Wildman–Crippen MR) is 56.9 cm³/mol. The largest absolute Gasteiger partial charge is 0.398 e. The molecule has 1 rings (SSSR count). The van der Waals surface area contributed by atoms with Crippen LogP contribution in [0.25, 0.3) is 0 Å². The van der Waals surface area contributed by atoms with Crippen molar-refractivity contribution in [3.05, 3.63) is 0 Å². The molecule has 0 N–H and O–H groups in total. The molecule has 1 fully saturated rings. The molecule has 1 aliphatic carbocycles. The van der Waals surface area contributed by atoms with E-state index < -0.39 is 8.56 Å². The minimum Gasteiger partial charge on any atom is -0.398 e. The van der Waals surface area contributed by atoms with Crippen LogP contribution in [0, 0.1) is 11.8 Å². The summed E-state index contributed by atoms with van der Waals surface area (Å²) in [6.07, 6.45) is 4.26. The van der Waals surface area contributed by atoms with Gasteiger partial charge in [0.25, 0.3) is 0 Å². The first-order chi connectivity index (χ1) is 6.09. The predicted octanol–water partition coefficient (Wildman–Crippen LogP) is 2.79. The second-order valence-corrected chi connectivity index (χ2v) is 8.02. The molecular formula is C10H22O2Si. The van der Waals surface area contributed by atoms with E-state index in [4.69, 9.17) is 8.85 Å². The molecule has 1 atom stereocenters. The second-order valence-electron chi connectivity index (χ2n) is 4.53. The molecule has 1 saturated carbocycles. The summed E-state index contributed by atoms with van der Waals surface area (Å²) in [7, 11) is 1.76. The molecule has 0 spiro atoms. The fourth-order valence-corrected chi connectivity index (χ4v) is 3.82. The lowest BCUT2D eigenvalue weighted by molar-refractivity contribution is 0.241. The molecule has 0 heterocycles. The third kappa shape index (κ3) is 3.79. The molecule has 13 heavy (non-hydrogen) atoms. The third-order valence-corrected chi connectivity index (χ3v) is 6.18. The first-order valence-corrected chi connectivity index (χ1v) is 7.72. The maximum absolute atomic E-state index is 5.48. The topological polar surface area (TPSA) is 18.5 Å². The van der Waals surface area contributed by atoms with E-state index >= 15 is 0 Å². The summed E-state index contributed by atoms with van der Waals surface area (Å²) in [6, 6.07) is 1.14. The Kier molecular flexibility index (Phi) is 3.95. The summed E-state index contributed by atoms with van der Waals surface area (Å²) in [5.74, 6) is 1.78. The average molecular weight is 202 g/mol. The SMILES string of the molecule is CO[Si](C)(CC(C)CC1CC1)OC. The molecule has 78 valence electrons. The van der Waals surface area contributed by atoms with Crippen LogP contribution >= 0.6 is 0 Å². The van der Waals surface area contributed by atoms with Crippen LogP contribution in [0.2, 0.25) is 12.6 Å². The number of rotatable bonds is 6. The zero-order chi connectivity index (χ0) is 9.90. The van der Waals surface area contributed by atoms with Crippen LogP contribution < -0.4 is 0 Å². The van der Waals surface area contributed by atoms with Crippen LogP contribution in [0.5, 0.6) is 0 Å². The van der Waals surface area contributed by atoms with Crippen molar-refractivity contribution in [2.75, 3.05) is 14.2 Å². The van der Waals surface area contributed by atoms with E-state index in [2.05, 4.69) is 13.5 Å². The van der Waals surface area contributed by atoms with Crippen molar-refractivity contribution in [1.82, 2.24) is 0 Å². The fraction of sp³-hybridized carbons (Fsp3) is 1.00. The van der Waals surface area contributed by atoms with Crippen LogP contribution in [0.4, 0.5) is 0 Å². The molecule has 0 radical (unpaired) electrons. The highest BCUT2D eigenvalue weighted by molar-refractivity contribution is 6.65. The van der Waals surface area contributed by atoms with E-state index in [9.17, 15) is 0 Å². The lowest BCUT2D eigenvalue weighted by Crippen LogP contribution is -2.37. The summed E-state index contributed by atoms with van der Waals surface area (Å²) in [5, 5.41) is 0. The van der Waals surface area contributed by atoms with Crippen molar-refractivity contribution < 1.29 is 8.85 Å². The minimum atomic E-state index is -1.80. The van der Waals surface area contributed by atoms with Gasteiger partial charge in [-0.25, -0.2) is 0 Å². The monoisotopic (exact) mass is 202 g/mol. The van der Waals surface area contributed by atoms with E-state index in [-0.39, 0.29) is 0 Å². The van der Waals surface area contributed by atoms with Gasteiger partial charge in [0.15, 0.2) is 0 Å². The Labute approximate surface area is 82.9 Å². The highest BCUT2D eigenvalue weighted by Crippen LogP contribution is 2.37. The van der Waals surface area contributed by atoms with Gasteiger partial charge in [0, 0.05) is 14.2 Å². The van der Waals surface area contributed by atoms with Gasteiger partial charge in [0.1, 0.15) is 0 Å². The van der Waals surface area contributed by atoms with Gasteiger partial charge in [-0.2, -0.15) is 0 Å². The zero-order valence-corrected chi connectivity index (χ0v) is 10.3. The molecular weight excluding hydrogens is 180 g/mol. The molecule has 0 bridgehead atoms. The highest BCUT2D eigenvalue weighted by Gasteiger charge is 2.33. The molecule has 1 aliphatic rings. The Morgan fingerprint density at radius 2 is 1.85 bits per heavy atom. The number of hydrogen-bond acceptors (Lipinski definition) is 2. The van der Waals surface area contributed by atoms with Gasteiger partial charge >= 0.3 is 8.56 Å². The summed E-state index contributed by atoms with van der Waals surface area (Å²) in [6.45, 7) is 4.47. The number of hydrogen-bond donors (Lipinski definition) is 0. The van der Waals surface area contributed by atoms with Gasteiger partial charge in [-0.1, -0.05) is 19.8 Å². The smallest absolute Gasteiger partial charge is 0.334 e. The van der Waals surface area contributed by atoms with Crippen LogP contribution in [0.3, 0.4) is 0 Å². The van der Waals surface area contributed by atoms with Crippen LogP contribution in [0.15, 0.2) is 0 Å². The van der Waals surface area contributed by atoms with Gasteiger partial charge in [-0.15, -0.1) is 0 Å². The Morgan fingerprint density at radius 3 is 2.23 bits per heavy atom. The lowest BCUT2D eigenvalue weighted by atomic mass is 10.1. The van der Waals surface area contributed by atoms with E-state index in [1.54, 1.807) is 14.2 Å². The first-order valence-electron chi connectivity index (χ1n) is 5.20. The molecule has 1 unspecified atom stereocenters. The third-order valence-electron chi connectivity index (χ3n) is 3.02. The van der Waals surface area contributed by atoms with E-state index in [0.717, 1.165) is 17.9 Å². The molecule has 0 aliphatic heterocycles. The molecule has 2 nitrogen and oxygen atoms in total. The van der Waals surface area contributed by atoms with Crippen molar-refractivity contribution in [1.29, 1.82) is 0 Å². The van der Waals surface area contributed by atoms with Crippen molar-refractivity contribution >= 4 is 8.56 Å². The molecule has 3 heteroatoms. The standard InChI is InChI=1S/C10H22O2Si/c1-9(7-10-5-6-10)8-13(4,11-2)12-3/h9-10H,5-8H2,1-4H3. The maximum atomic E-state index is 5.48. The van der Waals surface area contributed by atoms with E-state index in [1.165, 1.54) is 19.3 Å². The van der Waals surface area contributed by atoms with Crippen LogP contribution in [-0.2, 0) is 8.85 Å². The summed E-state index contributed by atoms with van der Waals surface area (Å²) in [4.78, 5) is 0. The van der Waals surface area contributed by atoms with Crippen LogP contribution in [0.1, 0.15) is 26.2 Å². The van der Waals surface area contributed by atoms with E-state index in [0.29, 0.717) is 0 Å². The normalized spacial score (nSPS) is 20.3. The quantitative estimate of drug-likeness (QED) is 0.617. The Balaban J connectivity index is 2.26. The average Bonchev–Trinajstić information content (AvgIpc) is 2.88. The van der Waals surface area contributed by atoms with E-state index in [1.807, 2.05) is 0 Å². The van der Waals surface area contributed by atoms with Crippen molar-refractivity contribution in [3.63, 3.8) is 0 Å². The Hall–Kier alpha value is 0.137. The summed E-state index contributed by atoms with van der Waals surface area (Å²) < 4.78 is 11.0. The lowest BCUT2D eigenvalue weighted by Gasteiger charge is -2.25. The molecule has 0 saturated heterocycles. The second kappa shape index (κ2) is 4.58. The van der Waals surface area contributed by atoms with Crippen molar-refractivity contribution in [2.24, 2.45) is 11.8 Å². The molecule has 0 aromatic carbocycles. The first kappa shape index (κ1) is 11.2. The van der Waals surface area contributed by atoms with Gasteiger partial charge in [-0.3, -0.25) is 0 Å². The molecule has 0 aromatic rings. The highest BCUT2D eigenvalue weighted by atomic mass is 28.4. The minimum absolute atomic E-state index is 0.768. The van der Waals surface area contributed by atoms with Gasteiger partial charge in [0.2, 0.25) is 0 Å². The summed E-state index contributed by atoms with van der Waals surface area (Å²) >= 11 is 0. The summed E-state index contributed by atoms with van der Waals surface area (Å²) in [5.41, 5.74) is 0. The Bertz CT molecular complexity index is 153. The van der Waals surface area contributed by atoms with Crippen molar-refractivity contribution in [3.8, 4) is 0 Å². The molecule has 0 amide bonds. The Morgan fingerprint density at radius 1 is 1.31 bits per heavy atom. The molecule has 0 aromatic heterocycles. The van der Waals surface area contributed by atoms with Gasteiger partial charge in [0.05, 0.1) is 0 Å². The fourth-order valence-electron chi connectivity index (χ4n) is 1.89. The maximum Gasteiger partial charge on any atom is 0.334 e. The van der Waals surface area contributed by atoms with Gasteiger partial charge < -0.3 is 8.85 Å². The zero-order valence-electron chi connectivity index (χ0n) is 9.30. The van der Waals surface area contributed by atoms with Gasteiger partial charge in [-0.05, 0) is 30.8 Å².